The molecule has 2 aromatic rings. The van der Waals surface area contributed by atoms with Gasteiger partial charge in [-0.1, -0.05) is 6.92 Å². The highest BCUT2D eigenvalue weighted by Crippen LogP contribution is 2.15. The van der Waals surface area contributed by atoms with Gasteiger partial charge in [-0.05, 0) is 19.4 Å². The molecule has 112 valence electrons. The standard InChI is InChI=1S/C14H17FN4OS/c1-3-4-16-13-11(5-10(15)7-18-13)14(20)19-8-12-17-6-9(2)21-12/h5-7H,3-4,8H2,1-2H3,(H,16,18)(H,19,20). The lowest BCUT2D eigenvalue weighted by molar-refractivity contribution is 0.0951. The molecule has 7 heteroatoms. The first-order valence-electron chi connectivity index (χ1n) is 6.69. The van der Waals surface area contributed by atoms with Gasteiger partial charge in [-0.25, -0.2) is 14.4 Å². The molecule has 1 amide bonds. The average molecular weight is 308 g/mol. The summed E-state index contributed by atoms with van der Waals surface area (Å²) >= 11 is 1.51. The molecule has 2 heterocycles. The molecule has 0 aliphatic heterocycles. The van der Waals surface area contributed by atoms with Crippen LogP contribution in [0, 0.1) is 12.7 Å². The lowest BCUT2D eigenvalue weighted by Crippen LogP contribution is -2.24. The molecule has 0 unspecified atom stereocenters. The van der Waals surface area contributed by atoms with E-state index in [9.17, 15) is 9.18 Å². The van der Waals surface area contributed by atoms with Crippen LogP contribution in [0.3, 0.4) is 0 Å². The number of hydrogen-bond donors (Lipinski definition) is 2. The van der Waals surface area contributed by atoms with Crippen LogP contribution in [0.2, 0.25) is 0 Å². The predicted molar refractivity (Wildman–Crippen MR) is 81.0 cm³/mol. The van der Waals surface area contributed by atoms with Crippen LogP contribution in [0.25, 0.3) is 0 Å². The summed E-state index contributed by atoms with van der Waals surface area (Å²) in [4.78, 5) is 21.4. The number of aromatic nitrogens is 2. The van der Waals surface area contributed by atoms with Crippen molar-refractivity contribution in [3.05, 3.63) is 39.7 Å². The molecule has 5 nitrogen and oxygen atoms in total. The Labute approximate surface area is 126 Å². The Bertz CT molecular complexity index is 629. The molecular formula is C14H17FN4OS. The number of nitrogens with one attached hydrogen (secondary N) is 2. The van der Waals surface area contributed by atoms with E-state index in [1.165, 1.54) is 17.4 Å². The maximum Gasteiger partial charge on any atom is 0.255 e. The molecular weight excluding hydrogens is 291 g/mol. The summed E-state index contributed by atoms with van der Waals surface area (Å²) in [5.74, 6) is -0.508. The van der Waals surface area contributed by atoms with Crippen molar-refractivity contribution in [2.75, 3.05) is 11.9 Å². The van der Waals surface area contributed by atoms with E-state index in [4.69, 9.17) is 0 Å². The number of nitrogens with zero attached hydrogens (tertiary/aromatic N) is 2. The van der Waals surface area contributed by atoms with Gasteiger partial charge in [0, 0.05) is 17.6 Å². The maximum atomic E-state index is 13.3. The Balaban J connectivity index is 2.08. The normalized spacial score (nSPS) is 10.4. The van der Waals surface area contributed by atoms with E-state index in [2.05, 4.69) is 20.6 Å². The number of pyridine rings is 1. The Kier molecular flexibility index (Phi) is 5.21. The highest BCUT2D eigenvalue weighted by molar-refractivity contribution is 7.11. The van der Waals surface area contributed by atoms with Crippen LogP contribution >= 0.6 is 11.3 Å². The molecule has 0 aromatic carbocycles. The molecule has 2 aromatic heterocycles. The van der Waals surface area contributed by atoms with Crippen molar-refractivity contribution in [3.63, 3.8) is 0 Å². The minimum Gasteiger partial charge on any atom is -0.369 e. The zero-order valence-electron chi connectivity index (χ0n) is 11.9. The topological polar surface area (TPSA) is 66.9 Å². The molecule has 0 radical (unpaired) electrons. The second kappa shape index (κ2) is 7.12. The lowest BCUT2D eigenvalue weighted by Gasteiger charge is -2.10. The van der Waals surface area contributed by atoms with E-state index in [0.29, 0.717) is 18.9 Å². The van der Waals surface area contributed by atoms with Gasteiger partial charge in [0.05, 0.1) is 18.3 Å². The minimum absolute atomic E-state index is 0.205. The van der Waals surface area contributed by atoms with Gasteiger partial charge in [0.1, 0.15) is 16.6 Å². The van der Waals surface area contributed by atoms with E-state index >= 15 is 0 Å². The fraction of sp³-hybridized carbons (Fsp3) is 0.357. The zero-order valence-corrected chi connectivity index (χ0v) is 12.8. The molecule has 0 spiro atoms. The molecule has 0 fully saturated rings. The third kappa shape index (κ3) is 4.22. The highest BCUT2D eigenvalue weighted by Gasteiger charge is 2.14. The third-order valence-corrected chi connectivity index (χ3v) is 3.62. The van der Waals surface area contributed by atoms with Crippen molar-refractivity contribution < 1.29 is 9.18 Å². The first-order chi connectivity index (χ1) is 10.1. The van der Waals surface area contributed by atoms with Gasteiger partial charge in [-0.3, -0.25) is 4.79 Å². The number of aryl methyl sites for hydroxylation is 1. The number of hydrogen-bond acceptors (Lipinski definition) is 5. The van der Waals surface area contributed by atoms with Gasteiger partial charge in [-0.15, -0.1) is 11.3 Å². The van der Waals surface area contributed by atoms with Crippen molar-refractivity contribution in [2.24, 2.45) is 0 Å². The quantitative estimate of drug-likeness (QED) is 0.861. The smallest absolute Gasteiger partial charge is 0.255 e. The van der Waals surface area contributed by atoms with Crippen LogP contribution in [0.1, 0.15) is 33.6 Å². The summed E-state index contributed by atoms with van der Waals surface area (Å²) in [6, 6.07) is 1.19. The molecule has 0 atom stereocenters. The fourth-order valence-corrected chi connectivity index (χ4v) is 2.46. The van der Waals surface area contributed by atoms with E-state index < -0.39 is 5.82 Å². The largest absolute Gasteiger partial charge is 0.369 e. The minimum atomic E-state index is -0.535. The van der Waals surface area contributed by atoms with Gasteiger partial charge in [0.2, 0.25) is 0 Å². The summed E-state index contributed by atoms with van der Waals surface area (Å²) in [6.45, 7) is 4.94. The van der Waals surface area contributed by atoms with Crippen LogP contribution < -0.4 is 10.6 Å². The first kappa shape index (κ1) is 15.4. The van der Waals surface area contributed by atoms with Crippen LogP contribution in [-0.4, -0.2) is 22.4 Å². The average Bonchev–Trinajstić information content (AvgIpc) is 2.89. The number of carbonyl (C=O) groups is 1. The number of carbonyl (C=O) groups excluding carboxylic acids is 1. The third-order valence-electron chi connectivity index (χ3n) is 2.71. The lowest BCUT2D eigenvalue weighted by atomic mass is 10.2. The molecule has 0 saturated heterocycles. The summed E-state index contributed by atoms with van der Waals surface area (Å²) in [5, 5.41) is 6.57. The van der Waals surface area contributed by atoms with E-state index in [1.807, 2.05) is 13.8 Å². The summed E-state index contributed by atoms with van der Waals surface area (Å²) in [7, 11) is 0. The summed E-state index contributed by atoms with van der Waals surface area (Å²) < 4.78 is 13.3. The van der Waals surface area contributed by atoms with E-state index in [0.717, 1.165) is 22.5 Å². The molecule has 21 heavy (non-hydrogen) atoms. The highest BCUT2D eigenvalue weighted by atomic mass is 32.1. The molecule has 0 aliphatic carbocycles. The molecule has 2 rings (SSSR count). The number of rotatable bonds is 6. The molecule has 0 aliphatic rings. The van der Waals surface area contributed by atoms with Crippen molar-refractivity contribution in [3.8, 4) is 0 Å². The monoisotopic (exact) mass is 308 g/mol. The molecule has 2 N–H and O–H groups in total. The second-order valence-corrected chi connectivity index (χ2v) is 5.84. The van der Waals surface area contributed by atoms with Crippen molar-refractivity contribution >= 4 is 23.1 Å². The fourth-order valence-electron chi connectivity index (χ4n) is 1.73. The van der Waals surface area contributed by atoms with Gasteiger partial charge in [0.15, 0.2) is 0 Å². The SMILES string of the molecule is CCCNc1ncc(F)cc1C(=O)NCc1ncc(C)s1. The number of thiazole rings is 1. The van der Waals surface area contributed by atoms with Gasteiger partial charge >= 0.3 is 0 Å². The Morgan fingerprint density at radius 2 is 2.19 bits per heavy atom. The van der Waals surface area contributed by atoms with Crippen molar-refractivity contribution in [1.82, 2.24) is 15.3 Å². The Hall–Kier alpha value is -2.02. The van der Waals surface area contributed by atoms with Crippen LogP contribution in [0.4, 0.5) is 10.2 Å². The molecule has 0 saturated carbocycles. The van der Waals surface area contributed by atoms with Gasteiger partial charge in [0.25, 0.3) is 5.91 Å². The maximum absolute atomic E-state index is 13.3. The summed E-state index contributed by atoms with van der Waals surface area (Å²) in [5.41, 5.74) is 0.205. The van der Waals surface area contributed by atoms with E-state index in [-0.39, 0.29) is 11.5 Å². The van der Waals surface area contributed by atoms with Crippen LogP contribution in [0.15, 0.2) is 18.5 Å². The number of amides is 1. The van der Waals surface area contributed by atoms with Crippen molar-refractivity contribution in [2.45, 2.75) is 26.8 Å². The van der Waals surface area contributed by atoms with Crippen LogP contribution in [-0.2, 0) is 6.54 Å². The first-order valence-corrected chi connectivity index (χ1v) is 7.50. The van der Waals surface area contributed by atoms with E-state index in [1.54, 1.807) is 6.20 Å². The number of halogens is 1. The van der Waals surface area contributed by atoms with Gasteiger partial charge in [-0.2, -0.15) is 0 Å². The second-order valence-electron chi connectivity index (χ2n) is 4.52. The summed E-state index contributed by atoms with van der Waals surface area (Å²) in [6.07, 6.45) is 3.74. The van der Waals surface area contributed by atoms with Crippen molar-refractivity contribution in [1.29, 1.82) is 0 Å². The number of anilines is 1. The molecule has 0 bridgehead atoms. The Morgan fingerprint density at radius 1 is 1.38 bits per heavy atom. The van der Waals surface area contributed by atoms with Gasteiger partial charge < -0.3 is 10.6 Å². The Morgan fingerprint density at radius 3 is 2.86 bits per heavy atom. The van der Waals surface area contributed by atoms with Crippen LogP contribution in [0.5, 0.6) is 0 Å². The predicted octanol–water partition coefficient (Wildman–Crippen LogP) is 2.74. The zero-order chi connectivity index (χ0) is 15.2.